The lowest BCUT2D eigenvalue weighted by Crippen LogP contribution is -2.25. The molecule has 0 bridgehead atoms. The molecule has 0 unspecified atom stereocenters. The minimum Gasteiger partial charge on any atom is -0.508 e. The molecule has 2 aromatic rings. The van der Waals surface area contributed by atoms with Gasteiger partial charge in [-0.2, -0.15) is 5.10 Å². The van der Waals surface area contributed by atoms with Gasteiger partial charge in [0.2, 0.25) is 0 Å². The molecule has 0 spiro atoms. The standard InChI is InChI=1S/C14H17N3O2/c1-3-11-8-13(17(2)16-11)14(19)15-9-10-4-6-12(18)7-5-10/h4-8,18H,3,9H2,1-2H3,(H,15,19). The highest BCUT2D eigenvalue weighted by atomic mass is 16.3. The molecule has 1 heterocycles. The summed E-state index contributed by atoms with van der Waals surface area (Å²) in [6.45, 7) is 2.42. The minimum absolute atomic E-state index is 0.150. The summed E-state index contributed by atoms with van der Waals surface area (Å²) in [7, 11) is 1.76. The molecule has 0 aliphatic carbocycles. The van der Waals surface area contributed by atoms with Crippen LogP contribution in [-0.2, 0) is 20.0 Å². The van der Waals surface area contributed by atoms with Crippen LogP contribution in [0.15, 0.2) is 30.3 Å². The number of nitrogens with one attached hydrogen (secondary N) is 1. The Kier molecular flexibility index (Phi) is 3.85. The molecule has 0 aliphatic rings. The van der Waals surface area contributed by atoms with Crippen molar-refractivity contribution >= 4 is 5.91 Å². The molecule has 1 aromatic carbocycles. The molecule has 0 saturated heterocycles. The van der Waals surface area contributed by atoms with E-state index < -0.39 is 0 Å². The van der Waals surface area contributed by atoms with Crippen molar-refractivity contribution in [1.29, 1.82) is 0 Å². The molecular formula is C14H17N3O2. The van der Waals surface area contributed by atoms with Crippen molar-refractivity contribution in [2.45, 2.75) is 19.9 Å². The van der Waals surface area contributed by atoms with Crippen molar-refractivity contribution in [3.05, 3.63) is 47.3 Å². The van der Waals surface area contributed by atoms with E-state index in [9.17, 15) is 9.90 Å². The predicted molar refractivity (Wildman–Crippen MR) is 71.9 cm³/mol. The Morgan fingerprint density at radius 1 is 1.37 bits per heavy atom. The molecule has 2 N–H and O–H groups in total. The van der Waals surface area contributed by atoms with Gasteiger partial charge >= 0.3 is 0 Å². The normalized spacial score (nSPS) is 10.4. The number of benzene rings is 1. The molecular weight excluding hydrogens is 242 g/mol. The Morgan fingerprint density at radius 2 is 2.05 bits per heavy atom. The fourth-order valence-corrected chi connectivity index (χ4v) is 1.80. The second-order valence-electron chi connectivity index (χ2n) is 4.35. The summed E-state index contributed by atoms with van der Waals surface area (Å²) in [5, 5.41) is 16.3. The molecule has 2 rings (SSSR count). The number of phenols is 1. The van der Waals surface area contributed by atoms with Crippen molar-refractivity contribution in [2.75, 3.05) is 0 Å². The van der Waals surface area contributed by atoms with Gasteiger partial charge in [0.05, 0.1) is 5.69 Å². The topological polar surface area (TPSA) is 67.2 Å². The van der Waals surface area contributed by atoms with Crippen LogP contribution in [0.25, 0.3) is 0 Å². The van der Waals surface area contributed by atoms with Crippen molar-refractivity contribution in [2.24, 2.45) is 7.05 Å². The molecule has 0 saturated carbocycles. The highest BCUT2D eigenvalue weighted by Crippen LogP contribution is 2.10. The third kappa shape index (κ3) is 3.13. The second-order valence-corrected chi connectivity index (χ2v) is 4.35. The third-order valence-electron chi connectivity index (χ3n) is 2.91. The van der Waals surface area contributed by atoms with E-state index in [1.807, 2.05) is 6.92 Å². The van der Waals surface area contributed by atoms with Gasteiger partial charge in [0.1, 0.15) is 11.4 Å². The number of aromatic hydroxyl groups is 1. The molecule has 0 atom stereocenters. The first kappa shape index (κ1) is 13.1. The SMILES string of the molecule is CCc1cc(C(=O)NCc2ccc(O)cc2)n(C)n1. The number of rotatable bonds is 4. The average molecular weight is 259 g/mol. The summed E-state index contributed by atoms with van der Waals surface area (Å²) < 4.78 is 1.59. The van der Waals surface area contributed by atoms with Crippen molar-refractivity contribution in [3.8, 4) is 5.75 Å². The van der Waals surface area contributed by atoms with Gasteiger partial charge in [-0.05, 0) is 30.2 Å². The van der Waals surface area contributed by atoms with E-state index >= 15 is 0 Å². The number of aryl methyl sites for hydroxylation is 2. The van der Waals surface area contributed by atoms with Crippen LogP contribution in [-0.4, -0.2) is 20.8 Å². The first-order chi connectivity index (χ1) is 9.10. The zero-order valence-electron chi connectivity index (χ0n) is 11.1. The molecule has 5 nitrogen and oxygen atoms in total. The summed E-state index contributed by atoms with van der Waals surface area (Å²) in [6.07, 6.45) is 0.805. The molecule has 0 fully saturated rings. The van der Waals surface area contributed by atoms with Gasteiger partial charge in [0, 0.05) is 13.6 Å². The number of hydrogen-bond donors (Lipinski definition) is 2. The lowest BCUT2D eigenvalue weighted by atomic mass is 10.2. The Morgan fingerprint density at radius 3 is 2.63 bits per heavy atom. The fourth-order valence-electron chi connectivity index (χ4n) is 1.80. The van der Waals surface area contributed by atoms with Crippen LogP contribution < -0.4 is 5.32 Å². The van der Waals surface area contributed by atoms with Crippen molar-refractivity contribution in [3.63, 3.8) is 0 Å². The van der Waals surface area contributed by atoms with Gasteiger partial charge in [0.15, 0.2) is 0 Å². The molecule has 1 aromatic heterocycles. The molecule has 5 heteroatoms. The van der Waals surface area contributed by atoms with E-state index in [1.54, 1.807) is 42.1 Å². The number of phenolic OH excluding ortho intramolecular Hbond substituents is 1. The zero-order valence-corrected chi connectivity index (χ0v) is 11.1. The van der Waals surface area contributed by atoms with Gasteiger partial charge < -0.3 is 10.4 Å². The van der Waals surface area contributed by atoms with Crippen molar-refractivity contribution in [1.82, 2.24) is 15.1 Å². The second kappa shape index (κ2) is 5.56. The maximum absolute atomic E-state index is 12.0. The third-order valence-corrected chi connectivity index (χ3v) is 2.91. The molecule has 0 aliphatic heterocycles. The maximum Gasteiger partial charge on any atom is 0.269 e. The number of carbonyl (C=O) groups is 1. The summed E-state index contributed by atoms with van der Waals surface area (Å²) in [5.41, 5.74) is 2.39. The molecule has 1 amide bonds. The van der Waals surface area contributed by atoms with Crippen LogP contribution in [0.2, 0.25) is 0 Å². The number of carbonyl (C=O) groups excluding carboxylic acids is 1. The highest BCUT2D eigenvalue weighted by molar-refractivity contribution is 5.92. The lowest BCUT2D eigenvalue weighted by Gasteiger charge is -2.05. The summed E-state index contributed by atoms with van der Waals surface area (Å²) >= 11 is 0. The Bertz CT molecular complexity index is 573. The molecule has 19 heavy (non-hydrogen) atoms. The molecule has 100 valence electrons. The number of hydrogen-bond acceptors (Lipinski definition) is 3. The Hall–Kier alpha value is -2.30. The van der Waals surface area contributed by atoms with Crippen LogP contribution in [0.5, 0.6) is 5.75 Å². The van der Waals surface area contributed by atoms with Crippen LogP contribution in [0, 0.1) is 0 Å². The quantitative estimate of drug-likeness (QED) is 0.876. The first-order valence-corrected chi connectivity index (χ1v) is 6.19. The van der Waals surface area contributed by atoms with Crippen LogP contribution >= 0.6 is 0 Å². The van der Waals surface area contributed by atoms with E-state index in [0.717, 1.165) is 17.7 Å². The zero-order chi connectivity index (χ0) is 13.8. The Labute approximate surface area is 111 Å². The maximum atomic E-state index is 12.0. The van der Waals surface area contributed by atoms with Gasteiger partial charge in [-0.1, -0.05) is 19.1 Å². The summed E-state index contributed by atoms with van der Waals surface area (Å²) in [5.74, 6) is 0.0667. The lowest BCUT2D eigenvalue weighted by molar-refractivity contribution is 0.0941. The van der Waals surface area contributed by atoms with E-state index in [2.05, 4.69) is 10.4 Å². The summed E-state index contributed by atoms with van der Waals surface area (Å²) in [6, 6.07) is 8.54. The van der Waals surface area contributed by atoms with Gasteiger partial charge in [-0.15, -0.1) is 0 Å². The van der Waals surface area contributed by atoms with Crippen molar-refractivity contribution < 1.29 is 9.90 Å². The minimum atomic E-state index is -0.150. The predicted octanol–water partition coefficient (Wildman–Crippen LogP) is 1.62. The van der Waals surface area contributed by atoms with E-state index in [4.69, 9.17) is 0 Å². The largest absolute Gasteiger partial charge is 0.508 e. The molecule has 0 radical (unpaired) electrons. The van der Waals surface area contributed by atoms with E-state index in [0.29, 0.717) is 12.2 Å². The first-order valence-electron chi connectivity index (χ1n) is 6.19. The number of nitrogens with zero attached hydrogens (tertiary/aromatic N) is 2. The van der Waals surface area contributed by atoms with E-state index in [1.165, 1.54) is 0 Å². The number of aromatic nitrogens is 2. The average Bonchev–Trinajstić information content (AvgIpc) is 2.79. The van der Waals surface area contributed by atoms with Gasteiger partial charge in [0.25, 0.3) is 5.91 Å². The summed E-state index contributed by atoms with van der Waals surface area (Å²) in [4.78, 5) is 12.0. The van der Waals surface area contributed by atoms with Crippen LogP contribution in [0.4, 0.5) is 0 Å². The fraction of sp³-hybridized carbons (Fsp3) is 0.286. The van der Waals surface area contributed by atoms with Gasteiger partial charge in [-0.3, -0.25) is 9.48 Å². The Balaban J connectivity index is 2.01. The van der Waals surface area contributed by atoms with Gasteiger partial charge in [-0.25, -0.2) is 0 Å². The number of amides is 1. The van der Waals surface area contributed by atoms with Crippen LogP contribution in [0.3, 0.4) is 0 Å². The van der Waals surface area contributed by atoms with E-state index in [-0.39, 0.29) is 11.7 Å². The van der Waals surface area contributed by atoms with Crippen LogP contribution in [0.1, 0.15) is 28.7 Å². The monoisotopic (exact) mass is 259 g/mol. The smallest absolute Gasteiger partial charge is 0.269 e. The highest BCUT2D eigenvalue weighted by Gasteiger charge is 2.12.